The molecule has 1 heterocycles. The highest BCUT2D eigenvalue weighted by molar-refractivity contribution is 7.98. The molecule has 0 saturated heterocycles. The van der Waals surface area contributed by atoms with Crippen molar-refractivity contribution < 1.29 is 0 Å². The third-order valence-corrected chi connectivity index (χ3v) is 4.21. The molecule has 0 spiro atoms. The first-order chi connectivity index (χ1) is 8.88. The van der Waals surface area contributed by atoms with Crippen LogP contribution >= 0.6 is 11.8 Å². The van der Waals surface area contributed by atoms with Gasteiger partial charge in [0.1, 0.15) is 6.33 Å². The molecular weight excluding hydrogens is 254 g/mol. The van der Waals surface area contributed by atoms with E-state index in [4.69, 9.17) is 0 Å². The highest BCUT2D eigenvalue weighted by atomic mass is 32.2. The highest BCUT2D eigenvalue weighted by Gasteiger charge is 2.16. The van der Waals surface area contributed by atoms with E-state index in [1.165, 1.54) is 22.3 Å². The summed E-state index contributed by atoms with van der Waals surface area (Å²) in [5.74, 6) is 0.928. The first-order valence-electron chi connectivity index (χ1n) is 6.46. The third kappa shape index (κ3) is 3.38. The molecule has 0 radical (unpaired) electrons. The quantitative estimate of drug-likeness (QED) is 0.860. The monoisotopic (exact) mass is 275 g/mol. The number of nitrogens with zero attached hydrogens (tertiary/aromatic N) is 2. The van der Waals surface area contributed by atoms with Crippen LogP contribution in [0.4, 0.5) is 0 Å². The molecule has 2 aromatic rings. The van der Waals surface area contributed by atoms with E-state index in [0.717, 1.165) is 10.9 Å². The van der Waals surface area contributed by atoms with Crippen LogP contribution in [0.15, 0.2) is 23.6 Å². The molecule has 0 amide bonds. The van der Waals surface area contributed by atoms with Crippen molar-refractivity contribution in [3.63, 3.8) is 0 Å². The zero-order chi connectivity index (χ0) is 14.0. The fourth-order valence-corrected chi connectivity index (χ4v) is 3.03. The molecule has 0 aliphatic rings. The van der Waals surface area contributed by atoms with Gasteiger partial charge in [-0.25, -0.2) is 4.98 Å². The molecule has 1 aromatic carbocycles. The van der Waals surface area contributed by atoms with E-state index in [9.17, 15) is 0 Å². The topological polar surface area (TPSA) is 41.6 Å². The number of hydrogen-bond acceptors (Lipinski definition) is 3. The van der Waals surface area contributed by atoms with Crippen molar-refractivity contribution in [3.05, 3.63) is 40.7 Å². The van der Waals surface area contributed by atoms with Gasteiger partial charge in [-0.05, 0) is 41.5 Å². The van der Waals surface area contributed by atoms with Crippen LogP contribution in [-0.2, 0) is 11.2 Å². The molecular formula is C15H21N3S. The average Bonchev–Trinajstić information content (AvgIpc) is 2.79. The van der Waals surface area contributed by atoms with Crippen molar-refractivity contribution >= 4 is 11.8 Å². The normalized spacial score (nSPS) is 11.8. The number of aryl methyl sites for hydroxylation is 2. The Bertz CT molecular complexity index is 530. The van der Waals surface area contributed by atoms with Crippen LogP contribution in [0.1, 0.15) is 43.0 Å². The van der Waals surface area contributed by atoms with Gasteiger partial charge in [-0.15, -0.1) is 0 Å². The number of aromatic amines is 1. The van der Waals surface area contributed by atoms with E-state index in [2.05, 4.69) is 61.9 Å². The van der Waals surface area contributed by atoms with E-state index in [1.807, 2.05) is 0 Å². The van der Waals surface area contributed by atoms with E-state index >= 15 is 0 Å². The minimum absolute atomic E-state index is 0.201. The van der Waals surface area contributed by atoms with Crippen molar-refractivity contribution in [1.82, 2.24) is 15.2 Å². The zero-order valence-electron chi connectivity index (χ0n) is 12.2. The van der Waals surface area contributed by atoms with E-state index in [0.29, 0.717) is 0 Å². The van der Waals surface area contributed by atoms with Crippen LogP contribution in [0.3, 0.4) is 0 Å². The lowest BCUT2D eigenvalue weighted by molar-refractivity contribution is 0.589. The second kappa shape index (κ2) is 5.37. The number of thioether (sulfide) groups is 1. The molecule has 3 nitrogen and oxygen atoms in total. The maximum atomic E-state index is 4.14. The van der Waals surface area contributed by atoms with E-state index < -0.39 is 0 Å². The summed E-state index contributed by atoms with van der Waals surface area (Å²) >= 11 is 1.69. The average molecular weight is 275 g/mol. The summed E-state index contributed by atoms with van der Waals surface area (Å²) in [7, 11) is 0. The Morgan fingerprint density at radius 3 is 2.26 bits per heavy atom. The Balaban J connectivity index is 2.22. The van der Waals surface area contributed by atoms with Gasteiger partial charge in [-0.3, -0.25) is 5.10 Å². The van der Waals surface area contributed by atoms with Crippen molar-refractivity contribution in [2.24, 2.45) is 0 Å². The van der Waals surface area contributed by atoms with Gasteiger partial charge in [0.15, 0.2) is 5.16 Å². The van der Waals surface area contributed by atoms with Crippen molar-refractivity contribution in [3.8, 4) is 0 Å². The molecule has 0 aliphatic heterocycles. The van der Waals surface area contributed by atoms with Crippen molar-refractivity contribution in [2.45, 2.75) is 50.9 Å². The molecule has 0 unspecified atom stereocenters. The van der Waals surface area contributed by atoms with Gasteiger partial charge in [0.2, 0.25) is 0 Å². The first-order valence-corrected chi connectivity index (χ1v) is 7.45. The maximum absolute atomic E-state index is 4.14. The summed E-state index contributed by atoms with van der Waals surface area (Å²) < 4.78 is 0. The lowest BCUT2D eigenvalue weighted by Gasteiger charge is -2.22. The predicted octanol–water partition coefficient (Wildman–Crippen LogP) is 4.01. The third-order valence-electron chi connectivity index (χ3n) is 3.31. The number of hydrogen-bond donors (Lipinski definition) is 1. The second-order valence-electron chi connectivity index (χ2n) is 5.92. The molecule has 4 heteroatoms. The number of H-pyrrole nitrogens is 1. The van der Waals surface area contributed by atoms with Gasteiger partial charge in [0.05, 0.1) is 0 Å². The number of aromatic nitrogens is 3. The Kier molecular flexibility index (Phi) is 3.99. The number of rotatable bonds is 3. The van der Waals surface area contributed by atoms with E-state index in [-0.39, 0.29) is 5.41 Å². The zero-order valence-corrected chi connectivity index (χ0v) is 13.1. The second-order valence-corrected chi connectivity index (χ2v) is 6.88. The summed E-state index contributed by atoms with van der Waals surface area (Å²) in [6.45, 7) is 11.1. The minimum Gasteiger partial charge on any atom is -0.254 e. The fraction of sp³-hybridized carbons (Fsp3) is 0.467. The summed E-state index contributed by atoms with van der Waals surface area (Å²) in [6, 6.07) is 4.62. The van der Waals surface area contributed by atoms with Crippen LogP contribution in [0.25, 0.3) is 0 Å². The van der Waals surface area contributed by atoms with Crippen LogP contribution in [0, 0.1) is 13.8 Å². The van der Waals surface area contributed by atoms with Crippen LogP contribution in [0.5, 0.6) is 0 Å². The predicted molar refractivity (Wildman–Crippen MR) is 80.6 cm³/mol. The van der Waals surface area contributed by atoms with Gasteiger partial charge in [0.25, 0.3) is 0 Å². The van der Waals surface area contributed by atoms with Gasteiger partial charge in [0, 0.05) is 5.75 Å². The Hall–Kier alpha value is -1.29. The Labute approximate surface area is 119 Å². The molecule has 0 aliphatic carbocycles. The molecule has 0 fully saturated rings. The Morgan fingerprint density at radius 1 is 1.16 bits per heavy atom. The molecule has 19 heavy (non-hydrogen) atoms. The summed E-state index contributed by atoms with van der Waals surface area (Å²) in [6.07, 6.45) is 1.55. The Morgan fingerprint density at radius 2 is 1.79 bits per heavy atom. The molecule has 1 N–H and O–H groups in total. The molecule has 0 atom stereocenters. The van der Waals surface area contributed by atoms with E-state index in [1.54, 1.807) is 18.1 Å². The molecule has 0 saturated carbocycles. The lowest BCUT2D eigenvalue weighted by Crippen LogP contribution is -2.12. The van der Waals surface area contributed by atoms with Crippen LogP contribution in [-0.4, -0.2) is 15.2 Å². The summed E-state index contributed by atoms with van der Waals surface area (Å²) in [5, 5.41) is 7.63. The molecule has 2 rings (SSSR count). The van der Waals surface area contributed by atoms with Crippen LogP contribution < -0.4 is 0 Å². The van der Waals surface area contributed by atoms with Gasteiger partial charge < -0.3 is 0 Å². The van der Waals surface area contributed by atoms with Crippen LogP contribution in [0.2, 0.25) is 0 Å². The SMILES string of the molecule is Cc1cc(C(C)(C)C)cc(C)c1CSc1ncn[nH]1. The van der Waals surface area contributed by atoms with Gasteiger partial charge >= 0.3 is 0 Å². The summed E-state index contributed by atoms with van der Waals surface area (Å²) in [5.41, 5.74) is 5.71. The summed E-state index contributed by atoms with van der Waals surface area (Å²) in [4.78, 5) is 4.14. The van der Waals surface area contributed by atoms with Gasteiger partial charge in [-0.2, -0.15) is 5.10 Å². The standard InChI is InChI=1S/C15H21N3S/c1-10-6-12(15(3,4)5)7-11(2)13(10)8-19-14-16-9-17-18-14/h6-7,9H,8H2,1-5H3,(H,16,17,18). The van der Waals surface area contributed by atoms with Gasteiger partial charge in [-0.1, -0.05) is 44.7 Å². The lowest BCUT2D eigenvalue weighted by atomic mass is 9.84. The molecule has 0 bridgehead atoms. The minimum atomic E-state index is 0.201. The smallest absolute Gasteiger partial charge is 0.183 e. The van der Waals surface area contributed by atoms with Crippen molar-refractivity contribution in [2.75, 3.05) is 0 Å². The molecule has 1 aromatic heterocycles. The number of nitrogens with one attached hydrogen (secondary N) is 1. The largest absolute Gasteiger partial charge is 0.254 e. The maximum Gasteiger partial charge on any atom is 0.183 e. The van der Waals surface area contributed by atoms with Crippen molar-refractivity contribution in [1.29, 1.82) is 0 Å². The fourth-order valence-electron chi connectivity index (χ4n) is 2.06. The highest BCUT2D eigenvalue weighted by Crippen LogP contribution is 2.29. The first kappa shape index (κ1) is 14.1. The number of benzene rings is 1. The molecule has 102 valence electrons.